The minimum absolute atomic E-state index is 0.00895. The summed E-state index contributed by atoms with van der Waals surface area (Å²) in [6, 6.07) is 15.5. The maximum atomic E-state index is 12.8. The molecular weight excluding hydrogens is 453 g/mol. The number of rotatable bonds is 5. The molecule has 4 rings (SSSR count). The third-order valence-corrected chi connectivity index (χ3v) is 4.64. The van der Waals surface area contributed by atoms with Gasteiger partial charge in [-0.2, -0.15) is 28.5 Å². The largest absolute Gasteiger partial charge is 0.507 e. The number of carbonyl (C=O) groups excluding carboxylic acids is 1. The number of hydrogen-bond acceptors (Lipinski definition) is 7. The minimum atomic E-state index is -4.49. The van der Waals surface area contributed by atoms with Gasteiger partial charge in [0.15, 0.2) is 11.5 Å². The molecular formula is C23H17F3N4O4. The van der Waals surface area contributed by atoms with Crippen LogP contribution >= 0.6 is 0 Å². The molecule has 3 aromatic rings. The fraction of sp³-hybridized carbons (Fsp3) is 0.130. The molecule has 1 atom stereocenters. The molecule has 1 unspecified atom stereocenters. The molecule has 0 aliphatic carbocycles. The zero-order valence-corrected chi connectivity index (χ0v) is 17.4. The van der Waals surface area contributed by atoms with Crippen molar-refractivity contribution < 1.29 is 32.5 Å². The highest BCUT2D eigenvalue weighted by Crippen LogP contribution is 2.32. The Labute approximate surface area is 191 Å². The van der Waals surface area contributed by atoms with Gasteiger partial charge in [0.25, 0.3) is 5.91 Å². The zero-order valence-electron chi connectivity index (χ0n) is 17.4. The summed E-state index contributed by atoms with van der Waals surface area (Å²) in [5, 5.41) is 21.5. The average Bonchev–Trinajstić information content (AvgIpc) is 2.83. The van der Waals surface area contributed by atoms with E-state index in [2.05, 4.69) is 20.8 Å². The maximum absolute atomic E-state index is 12.8. The number of phenols is 1. The lowest BCUT2D eigenvalue weighted by molar-refractivity contribution is -0.137. The van der Waals surface area contributed by atoms with Crippen LogP contribution in [0.25, 0.3) is 0 Å². The number of carbonyl (C=O) groups is 1. The number of hydrogen-bond donors (Lipinski definition) is 2. The van der Waals surface area contributed by atoms with Crippen molar-refractivity contribution >= 4 is 23.5 Å². The number of aromatic hydroxyl groups is 1. The number of ether oxygens (including phenoxy) is 2. The Bertz CT molecular complexity index is 1260. The van der Waals surface area contributed by atoms with Gasteiger partial charge in [-0.15, -0.1) is 0 Å². The monoisotopic (exact) mass is 470 g/mol. The summed E-state index contributed by atoms with van der Waals surface area (Å²) < 4.78 is 49.6. The Morgan fingerprint density at radius 1 is 1.00 bits per heavy atom. The van der Waals surface area contributed by atoms with Crippen LogP contribution in [-0.2, 0) is 11.0 Å². The first-order valence-corrected chi connectivity index (χ1v) is 9.93. The smallest absolute Gasteiger partial charge is 0.416 e. The number of para-hydroxylation sites is 2. The van der Waals surface area contributed by atoms with Crippen molar-refractivity contribution in [2.45, 2.75) is 12.3 Å². The Kier molecular flexibility index (Phi) is 6.44. The molecule has 0 aromatic heterocycles. The number of halogens is 3. The molecule has 0 bridgehead atoms. The second kappa shape index (κ2) is 9.61. The minimum Gasteiger partial charge on any atom is -0.507 e. The summed E-state index contributed by atoms with van der Waals surface area (Å²) in [6.45, 7) is 0.00895. The lowest BCUT2D eigenvalue weighted by Crippen LogP contribution is -2.42. The summed E-state index contributed by atoms with van der Waals surface area (Å²) in [7, 11) is 0. The van der Waals surface area contributed by atoms with Crippen LogP contribution < -0.4 is 14.9 Å². The SMILES string of the molecule is O=C(NN=Cc1cc(N=Nc2cccc(C(F)(F)F)c2)ccc1O)C1COc2ccccc2O1. The molecule has 2 N–H and O–H groups in total. The van der Waals surface area contributed by atoms with E-state index in [1.807, 2.05) is 0 Å². The summed E-state index contributed by atoms with van der Waals surface area (Å²) in [5.41, 5.74) is 1.94. The third kappa shape index (κ3) is 5.49. The molecule has 0 spiro atoms. The predicted octanol–water partition coefficient (Wildman–Crippen LogP) is 5.12. The van der Waals surface area contributed by atoms with Gasteiger partial charge in [-0.25, -0.2) is 5.43 Å². The Morgan fingerprint density at radius 2 is 1.74 bits per heavy atom. The first kappa shape index (κ1) is 22.8. The van der Waals surface area contributed by atoms with Gasteiger partial charge < -0.3 is 14.6 Å². The molecule has 1 aliphatic heterocycles. The fourth-order valence-corrected chi connectivity index (χ4v) is 2.95. The molecule has 11 heteroatoms. The molecule has 1 aliphatic rings. The van der Waals surface area contributed by atoms with Gasteiger partial charge in [0.2, 0.25) is 6.10 Å². The van der Waals surface area contributed by atoms with E-state index in [0.717, 1.165) is 12.1 Å². The number of phenolic OH excluding ortho intramolecular Hbond substituents is 1. The van der Waals surface area contributed by atoms with Crippen LogP contribution in [0.3, 0.4) is 0 Å². The molecule has 0 saturated heterocycles. The summed E-state index contributed by atoms with van der Waals surface area (Å²) in [5.74, 6) is 0.276. The fourth-order valence-electron chi connectivity index (χ4n) is 2.95. The van der Waals surface area contributed by atoms with Crippen LogP contribution in [0, 0.1) is 0 Å². The van der Waals surface area contributed by atoms with Gasteiger partial charge in [-0.3, -0.25) is 4.79 Å². The van der Waals surface area contributed by atoms with Crippen LogP contribution in [0.5, 0.6) is 17.2 Å². The quantitative estimate of drug-likeness (QED) is 0.307. The van der Waals surface area contributed by atoms with Crippen molar-refractivity contribution in [2.24, 2.45) is 15.3 Å². The number of hydrazone groups is 1. The van der Waals surface area contributed by atoms with E-state index in [9.17, 15) is 23.1 Å². The predicted molar refractivity (Wildman–Crippen MR) is 116 cm³/mol. The van der Waals surface area contributed by atoms with E-state index in [4.69, 9.17) is 9.47 Å². The number of nitrogens with one attached hydrogen (secondary N) is 1. The van der Waals surface area contributed by atoms with Gasteiger partial charge in [0, 0.05) is 5.56 Å². The van der Waals surface area contributed by atoms with E-state index in [-0.39, 0.29) is 29.3 Å². The molecule has 0 saturated carbocycles. The van der Waals surface area contributed by atoms with Gasteiger partial charge in [-0.1, -0.05) is 18.2 Å². The molecule has 0 radical (unpaired) electrons. The normalized spacial score (nSPS) is 15.6. The second-order valence-electron chi connectivity index (χ2n) is 7.09. The lowest BCUT2D eigenvalue weighted by atomic mass is 10.2. The number of benzene rings is 3. The summed E-state index contributed by atoms with van der Waals surface area (Å²) in [4.78, 5) is 12.3. The highest BCUT2D eigenvalue weighted by Gasteiger charge is 2.30. The summed E-state index contributed by atoms with van der Waals surface area (Å²) in [6.07, 6.45) is -4.21. The lowest BCUT2D eigenvalue weighted by Gasteiger charge is -2.24. The second-order valence-corrected chi connectivity index (χ2v) is 7.09. The highest BCUT2D eigenvalue weighted by molar-refractivity contribution is 5.87. The average molecular weight is 470 g/mol. The highest BCUT2D eigenvalue weighted by atomic mass is 19.4. The van der Waals surface area contributed by atoms with Gasteiger partial charge in [0.05, 0.1) is 23.2 Å². The standard InChI is InChI=1S/C23H17F3N4O4/c24-23(25,26)15-4-3-5-16(11-15)28-29-17-8-9-18(31)14(10-17)12-27-30-22(32)21-13-33-19-6-1-2-7-20(19)34-21/h1-12,21,31H,13H2,(H,30,32). The Hall–Kier alpha value is -4.41. The molecule has 0 fully saturated rings. The van der Waals surface area contributed by atoms with Gasteiger partial charge in [-0.05, 0) is 48.5 Å². The van der Waals surface area contributed by atoms with E-state index < -0.39 is 23.8 Å². The molecule has 34 heavy (non-hydrogen) atoms. The molecule has 174 valence electrons. The molecule has 1 amide bonds. The molecule has 8 nitrogen and oxygen atoms in total. The van der Waals surface area contributed by atoms with Crippen molar-refractivity contribution in [3.63, 3.8) is 0 Å². The van der Waals surface area contributed by atoms with Crippen molar-refractivity contribution in [3.8, 4) is 17.2 Å². The molecule has 3 aromatic carbocycles. The van der Waals surface area contributed by atoms with Crippen LogP contribution in [0.2, 0.25) is 0 Å². The number of amides is 1. The van der Waals surface area contributed by atoms with E-state index in [1.54, 1.807) is 24.3 Å². The van der Waals surface area contributed by atoms with E-state index in [0.29, 0.717) is 11.5 Å². The van der Waals surface area contributed by atoms with Crippen molar-refractivity contribution in [1.29, 1.82) is 0 Å². The zero-order chi connectivity index (χ0) is 24.1. The van der Waals surface area contributed by atoms with Gasteiger partial charge in [0.1, 0.15) is 12.4 Å². The van der Waals surface area contributed by atoms with Crippen LogP contribution in [0.15, 0.2) is 82.1 Å². The summed E-state index contributed by atoms with van der Waals surface area (Å²) >= 11 is 0. The number of fused-ring (bicyclic) bond motifs is 1. The third-order valence-electron chi connectivity index (χ3n) is 4.64. The van der Waals surface area contributed by atoms with Crippen molar-refractivity contribution in [2.75, 3.05) is 6.61 Å². The Balaban J connectivity index is 1.40. The van der Waals surface area contributed by atoms with Crippen LogP contribution in [-0.4, -0.2) is 29.9 Å². The topological polar surface area (TPSA) is 105 Å². The molecule has 1 heterocycles. The number of nitrogens with zero attached hydrogens (tertiary/aromatic N) is 3. The van der Waals surface area contributed by atoms with E-state index >= 15 is 0 Å². The number of azo groups is 1. The van der Waals surface area contributed by atoms with Crippen molar-refractivity contribution in [3.05, 3.63) is 77.9 Å². The first-order valence-electron chi connectivity index (χ1n) is 9.93. The Morgan fingerprint density at radius 3 is 2.50 bits per heavy atom. The van der Waals surface area contributed by atoms with Gasteiger partial charge >= 0.3 is 6.18 Å². The number of alkyl halides is 3. The van der Waals surface area contributed by atoms with Crippen LogP contribution in [0.1, 0.15) is 11.1 Å². The van der Waals surface area contributed by atoms with Crippen molar-refractivity contribution in [1.82, 2.24) is 5.43 Å². The maximum Gasteiger partial charge on any atom is 0.416 e. The van der Waals surface area contributed by atoms with Crippen LogP contribution in [0.4, 0.5) is 24.5 Å². The first-order chi connectivity index (χ1) is 16.3. The van der Waals surface area contributed by atoms with E-state index in [1.165, 1.54) is 36.5 Å².